The van der Waals surface area contributed by atoms with Gasteiger partial charge in [0.2, 0.25) is 0 Å². The lowest BCUT2D eigenvalue weighted by Gasteiger charge is -2.39. The van der Waals surface area contributed by atoms with Gasteiger partial charge < -0.3 is 10.2 Å². The Morgan fingerprint density at radius 2 is 2.38 bits per heavy atom. The number of aryl methyl sites for hydroxylation is 1. The van der Waals surface area contributed by atoms with Crippen LogP contribution in [0.25, 0.3) is 0 Å². The first kappa shape index (κ1) is 11.5. The fraction of sp³-hybridized carbons (Fsp3) is 0.636. The molecule has 1 fully saturated rings. The van der Waals surface area contributed by atoms with E-state index in [1.165, 1.54) is 11.5 Å². The van der Waals surface area contributed by atoms with Gasteiger partial charge in [0.15, 0.2) is 0 Å². The quantitative estimate of drug-likeness (QED) is 0.803. The average molecular weight is 239 g/mol. The maximum Gasteiger partial charge on any atom is 0.256 e. The minimum atomic E-state index is 0.00522. The number of piperazine rings is 1. The van der Waals surface area contributed by atoms with Gasteiger partial charge in [-0.05, 0) is 32.3 Å². The third kappa shape index (κ3) is 2.25. The lowest BCUT2D eigenvalue weighted by atomic mass is 10.0. The predicted octanol–water partition coefficient (Wildman–Crippen LogP) is 1.28. The van der Waals surface area contributed by atoms with E-state index in [0.717, 1.165) is 30.9 Å². The van der Waals surface area contributed by atoms with E-state index in [-0.39, 0.29) is 11.4 Å². The molecule has 1 aliphatic heterocycles. The normalized spacial score (nSPS) is 19.8. The van der Waals surface area contributed by atoms with Gasteiger partial charge in [0, 0.05) is 30.6 Å². The number of hydrogen-bond acceptors (Lipinski definition) is 4. The molecule has 0 unspecified atom stereocenters. The molecule has 0 aliphatic carbocycles. The van der Waals surface area contributed by atoms with Crippen molar-refractivity contribution in [1.82, 2.24) is 14.6 Å². The molecular weight excluding hydrogens is 222 g/mol. The number of nitrogens with zero attached hydrogens (tertiary/aromatic N) is 2. The minimum Gasteiger partial charge on any atom is -0.335 e. The molecule has 0 radical (unpaired) electrons. The fourth-order valence-corrected chi connectivity index (χ4v) is 2.67. The second kappa shape index (κ2) is 4.14. The van der Waals surface area contributed by atoms with Crippen LogP contribution < -0.4 is 5.32 Å². The molecule has 2 rings (SSSR count). The lowest BCUT2D eigenvalue weighted by molar-refractivity contribution is 0.0651. The molecule has 16 heavy (non-hydrogen) atoms. The van der Waals surface area contributed by atoms with Gasteiger partial charge in [-0.25, -0.2) is 0 Å². The van der Waals surface area contributed by atoms with Crippen LogP contribution in [0.15, 0.2) is 5.38 Å². The van der Waals surface area contributed by atoms with Crippen LogP contribution in [-0.2, 0) is 0 Å². The first-order valence-corrected chi connectivity index (χ1v) is 6.28. The van der Waals surface area contributed by atoms with E-state index in [1.54, 1.807) is 0 Å². The smallest absolute Gasteiger partial charge is 0.256 e. The Kier molecular flexibility index (Phi) is 2.99. The van der Waals surface area contributed by atoms with Crippen LogP contribution in [0.4, 0.5) is 0 Å². The fourth-order valence-electron chi connectivity index (χ4n) is 1.98. The third-order valence-corrected chi connectivity index (χ3v) is 3.56. The standard InChI is InChI=1S/C11H17N3OS/c1-8-9(6-16-13-8)10(15)14-5-4-12-11(2,3)7-14/h6,12H,4-5,7H2,1-3H3. The zero-order valence-corrected chi connectivity index (χ0v) is 10.7. The van der Waals surface area contributed by atoms with E-state index in [0.29, 0.717) is 0 Å². The van der Waals surface area contributed by atoms with Gasteiger partial charge in [-0.1, -0.05) is 0 Å². The highest BCUT2D eigenvalue weighted by Gasteiger charge is 2.29. The molecule has 0 atom stereocenters. The largest absolute Gasteiger partial charge is 0.335 e. The van der Waals surface area contributed by atoms with Gasteiger partial charge in [0.05, 0.1) is 11.3 Å². The number of rotatable bonds is 1. The summed E-state index contributed by atoms with van der Waals surface area (Å²) in [6.07, 6.45) is 0. The molecule has 1 amide bonds. The highest BCUT2D eigenvalue weighted by Crippen LogP contribution is 2.16. The van der Waals surface area contributed by atoms with Gasteiger partial charge in [0.25, 0.3) is 5.91 Å². The SMILES string of the molecule is Cc1nscc1C(=O)N1CCNC(C)(C)C1. The summed E-state index contributed by atoms with van der Waals surface area (Å²) in [5.41, 5.74) is 1.60. The van der Waals surface area contributed by atoms with Crippen molar-refractivity contribution in [2.45, 2.75) is 26.3 Å². The summed E-state index contributed by atoms with van der Waals surface area (Å²) in [6.45, 7) is 8.50. The van der Waals surface area contributed by atoms with E-state index < -0.39 is 0 Å². The first-order chi connectivity index (χ1) is 7.49. The van der Waals surface area contributed by atoms with Crippen LogP contribution in [0.2, 0.25) is 0 Å². The van der Waals surface area contributed by atoms with Crippen molar-refractivity contribution >= 4 is 17.4 Å². The Balaban J connectivity index is 2.14. The van der Waals surface area contributed by atoms with Crippen molar-refractivity contribution in [2.75, 3.05) is 19.6 Å². The van der Waals surface area contributed by atoms with Crippen LogP contribution in [0, 0.1) is 6.92 Å². The maximum absolute atomic E-state index is 12.2. The van der Waals surface area contributed by atoms with Crippen molar-refractivity contribution in [3.05, 3.63) is 16.6 Å². The van der Waals surface area contributed by atoms with Crippen LogP contribution in [0.5, 0.6) is 0 Å². The number of aromatic nitrogens is 1. The zero-order valence-electron chi connectivity index (χ0n) is 9.91. The summed E-state index contributed by atoms with van der Waals surface area (Å²) in [5, 5.41) is 5.24. The Bertz CT molecular complexity index is 400. The lowest BCUT2D eigenvalue weighted by Crippen LogP contribution is -2.58. The Labute approximate surface area is 99.8 Å². The number of amides is 1. The van der Waals surface area contributed by atoms with Crippen molar-refractivity contribution in [1.29, 1.82) is 0 Å². The number of carbonyl (C=O) groups excluding carboxylic acids is 1. The van der Waals surface area contributed by atoms with Crippen molar-refractivity contribution < 1.29 is 4.79 Å². The van der Waals surface area contributed by atoms with Gasteiger partial charge in [0.1, 0.15) is 0 Å². The predicted molar refractivity (Wildman–Crippen MR) is 64.8 cm³/mol. The summed E-state index contributed by atoms with van der Waals surface area (Å²) < 4.78 is 4.15. The molecule has 1 aromatic heterocycles. The topological polar surface area (TPSA) is 45.2 Å². The van der Waals surface area contributed by atoms with E-state index in [9.17, 15) is 4.79 Å². The Morgan fingerprint density at radius 3 is 2.94 bits per heavy atom. The molecule has 0 saturated carbocycles. The monoisotopic (exact) mass is 239 g/mol. The summed E-state index contributed by atoms with van der Waals surface area (Å²) in [5.74, 6) is 0.112. The van der Waals surface area contributed by atoms with E-state index in [2.05, 4.69) is 23.5 Å². The molecule has 1 N–H and O–H groups in total. The van der Waals surface area contributed by atoms with Crippen LogP contribution in [0.3, 0.4) is 0 Å². The van der Waals surface area contributed by atoms with Gasteiger partial charge in [-0.3, -0.25) is 4.79 Å². The molecule has 1 saturated heterocycles. The molecule has 88 valence electrons. The summed E-state index contributed by atoms with van der Waals surface area (Å²) >= 11 is 1.35. The minimum absolute atomic E-state index is 0.00522. The third-order valence-electron chi connectivity index (χ3n) is 2.84. The summed E-state index contributed by atoms with van der Waals surface area (Å²) in [6, 6.07) is 0. The van der Waals surface area contributed by atoms with Crippen molar-refractivity contribution in [3.63, 3.8) is 0 Å². The average Bonchev–Trinajstić information content (AvgIpc) is 2.62. The van der Waals surface area contributed by atoms with Crippen LogP contribution in [-0.4, -0.2) is 40.4 Å². The van der Waals surface area contributed by atoms with Gasteiger partial charge in [-0.15, -0.1) is 0 Å². The maximum atomic E-state index is 12.2. The molecule has 5 heteroatoms. The first-order valence-electron chi connectivity index (χ1n) is 5.45. The molecule has 0 bridgehead atoms. The second-order valence-corrected chi connectivity index (χ2v) is 5.48. The number of nitrogens with one attached hydrogen (secondary N) is 1. The molecule has 4 nitrogen and oxygen atoms in total. The molecule has 1 aliphatic rings. The van der Waals surface area contributed by atoms with Crippen molar-refractivity contribution in [2.24, 2.45) is 0 Å². The van der Waals surface area contributed by atoms with Crippen LogP contribution in [0.1, 0.15) is 29.9 Å². The summed E-state index contributed by atoms with van der Waals surface area (Å²) in [4.78, 5) is 14.1. The summed E-state index contributed by atoms with van der Waals surface area (Å²) in [7, 11) is 0. The molecule has 0 spiro atoms. The second-order valence-electron chi connectivity index (χ2n) is 4.85. The molecule has 1 aromatic rings. The number of hydrogen-bond donors (Lipinski definition) is 1. The van der Waals surface area contributed by atoms with E-state index in [4.69, 9.17) is 0 Å². The highest BCUT2D eigenvalue weighted by molar-refractivity contribution is 7.03. The highest BCUT2D eigenvalue weighted by atomic mass is 32.1. The zero-order chi connectivity index (χ0) is 11.8. The molecular formula is C11H17N3OS. The van der Waals surface area contributed by atoms with Gasteiger partial charge in [-0.2, -0.15) is 4.37 Å². The van der Waals surface area contributed by atoms with Gasteiger partial charge >= 0.3 is 0 Å². The van der Waals surface area contributed by atoms with E-state index >= 15 is 0 Å². The van der Waals surface area contributed by atoms with Crippen molar-refractivity contribution in [3.8, 4) is 0 Å². The molecule has 0 aromatic carbocycles. The molecule has 2 heterocycles. The number of carbonyl (C=O) groups is 1. The van der Waals surface area contributed by atoms with Crippen LogP contribution >= 0.6 is 11.5 Å². The Hall–Kier alpha value is -0.940. The Morgan fingerprint density at radius 1 is 1.62 bits per heavy atom. The van der Waals surface area contributed by atoms with E-state index in [1.807, 2.05) is 17.2 Å².